The van der Waals surface area contributed by atoms with Gasteiger partial charge in [0, 0.05) is 17.9 Å². The lowest BCUT2D eigenvalue weighted by molar-refractivity contribution is -0.133. The molecule has 20 heavy (non-hydrogen) atoms. The molecule has 0 radical (unpaired) electrons. The lowest BCUT2D eigenvalue weighted by Gasteiger charge is -2.37. The second-order valence-corrected chi connectivity index (χ2v) is 7.21. The van der Waals surface area contributed by atoms with E-state index in [4.69, 9.17) is 27.9 Å². The molecule has 2 aliphatic carbocycles. The Kier molecular flexibility index (Phi) is 6.19. The maximum absolute atomic E-state index is 11.9. The highest BCUT2D eigenvalue weighted by Gasteiger charge is 2.58. The van der Waals surface area contributed by atoms with Crippen molar-refractivity contribution in [3.05, 3.63) is 0 Å². The first-order valence-electron chi connectivity index (χ1n) is 8.03. The number of fused-ring (bicyclic) bond motifs is 1. The molecule has 0 aromatic heterocycles. The van der Waals surface area contributed by atoms with Crippen molar-refractivity contribution in [3.8, 4) is 0 Å². The fourth-order valence-electron chi connectivity index (χ4n) is 3.88. The van der Waals surface area contributed by atoms with Gasteiger partial charge in [-0.3, -0.25) is 4.79 Å². The fourth-order valence-corrected chi connectivity index (χ4v) is 4.77. The number of alkyl halides is 2. The van der Waals surface area contributed by atoms with Crippen LogP contribution in [0.25, 0.3) is 0 Å². The van der Waals surface area contributed by atoms with Crippen LogP contribution in [0.15, 0.2) is 0 Å². The van der Waals surface area contributed by atoms with Gasteiger partial charge in [-0.2, -0.15) is 0 Å². The predicted molar refractivity (Wildman–Crippen MR) is 83.5 cm³/mol. The number of carbonyl (C=O) groups is 1. The first-order chi connectivity index (χ1) is 9.60. The SMILES string of the molecule is CCOC(CC)CCCCC1C(Cl)CC2C(Cl)C(=O)C12. The van der Waals surface area contributed by atoms with Gasteiger partial charge >= 0.3 is 0 Å². The van der Waals surface area contributed by atoms with E-state index in [2.05, 4.69) is 6.92 Å². The van der Waals surface area contributed by atoms with Gasteiger partial charge in [0.1, 0.15) is 0 Å². The van der Waals surface area contributed by atoms with Gasteiger partial charge < -0.3 is 4.74 Å². The molecule has 0 N–H and O–H groups in total. The minimum Gasteiger partial charge on any atom is -0.379 e. The van der Waals surface area contributed by atoms with Gasteiger partial charge in [0.2, 0.25) is 0 Å². The molecule has 2 aliphatic rings. The third kappa shape index (κ3) is 3.34. The Morgan fingerprint density at radius 3 is 2.70 bits per heavy atom. The number of hydrogen-bond acceptors (Lipinski definition) is 2. The van der Waals surface area contributed by atoms with E-state index in [9.17, 15) is 4.79 Å². The topological polar surface area (TPSA) is 26.3 Å². The fraction of sp³-hybridized carbons (Fsp3) is 0.938. The van der Waals surface area contributed by atoms with E-state index in [1.807, 2.05) is 6.92 Å². The van der Waals surface area contributed by atoms with Crippen LogP contribution in [0, 0.1) is 17.8 Å². The van der Waals surface area contributed by atoms with Crippen molar-refractivity contribution in [3.63, 3.8) is 0 Å². The number of halogens is 2. The summed E-state index contributed by atoms with van der Waals surface area (Å²) in [5, 5.41) is -0.111. The minimum atomic E-state index is -0.256. The van der Waals surface area contributed by atoms with E-state index in [0.717, 1.165) is 45.1 Å². The first-order valence-corrected chi connectivity index (χ1v) is 8.90. The minimum absolute atomic E-state index is 0.145. The number of hydrogen-bond donors (Lipinski definition) is 0. The summed E-state index contributed by atoms with van der Waals surface area (Å²) in [6.07, 6.45) is 6.87. The smallest absolute Gasteiger partial charge is 0.154 e. The van der Waals surface area contributed by atoms with Crippen LogP contribution >= 0.6 is 23.2 Å². The molecular weight excluding hydrogens is 295 g/mol. The van der Waals surface area contributed by atoms with Crippen LogP contribution in [-0.4, -0.2) is 29.2 Å². The summed E-state index contributed by atoms with van der Waals surface area (Å²) in [5.74, 6) is 1.11. The molecule has 116 valence electrons. The van der Waals surface area contributed by atoms with Crippen molar-refractivity contribution in [1.29, 1.82) is 0 Å². The molecule has 0 saturated heterocycles. The Morgan fingerprint density at radius 1 is 1.30 bits per heavy atom. The second kappa shape index (κ2) is 7.47. The summed E-state index contributed by atoms with van der Waals surface area (Å²) in [5.41, 5.74) is 0. The Hall–Kier alpha value is 0.210. The molecule has 0 heterocycles. The van der Waals surface area contributed by atoms with Gasteiger partial charge in [-0.05, 0) is 44.4 Å². The van der Waals surface area contributed by atoms with E-state index in [1.54, 1.807) is 0 Å². The lowest BCUT2D eigenvalue weighted by atomic mass is 9.70. The van der Waals surface area contributed by atoms with Gasteiger partial charge in [-0.1, -0.05) is 19.8 Å². The standard InChI is InChI=1S/C16H26Cl2O2/c1-3-10(20-4-2)7-5-6-8-11-13(17)9-12-14(11)16(19)15(12)18/h10-15H,3-9H2,1-2H3. The third-order valence-corrected chi connectivity index (χ3v) is 6.07. The van der Waals surface area contributed by atoms with Crippen molar-refractivity contribution >= 4 is 29.0 Å². The summed E-state index contributed by atoms with van der Waals surface area (Å²) >= 11 is 12.5. The molecule has 0 spiro atoms. The van der Waals surface area contributed by atoms with Crippen molar-refractivity contribution in [2.24, 2.45) is 17.8 Å². The van der Waals surface area contributed by atoms with E-state index >= 15 is 0 Å². The highest BCUT2D eigenvalue weighted by Crippen LogP contribution is 2.53. The van der Waals surface area contributed by atoms with Crippen molar-refractivity contribution in [2.75, 3.05) is 6.61 Å². The van der Waals surface area contributed by atoms with Crippen LogP contribution in [0.4, 0.5) is 0 Å². The number of carbonyl (C=O) groups excluding carboxylic acids is 1. The van der Waals surface area contributed by atoms with Crippen LogP contribution in [-0.2, 0) is 9.53 Å². The average molecular weight is 321 g/mol. The Bertz CT molecular complexity index is 334. The summed E-state index contributed by atoms with van der Waals surface area (Å²) in [6, 6.07) is 0. The molecule has 4 heteroatoms. The quantitative estimate of drug-likeness (QED) is 0.489. The number of rotatable bonds is 8. The van der Waals surface area contributed by atoms with Crippen molar-refractivity contribution < 1.29 is 9.53 Å². The maximum Gasteiger partial charge on any atom is 0.154 e. The van der Waals surface area contributed by atoms with Gasteiger partial charge in [-0.15, -0.1) is 23.2 Å². The molecule has 2 fully saturated rings. The van der Waals surface area contributed by atoms with Crippen LogP contribution in [0.3, 0.4) is 0 Å². The second-order valence-electron chi connectivity index (χ2n) is 6.18. The molecule has 0 aliphatic heterocycles. The molecule has 0 amide bonds. The highest BCUT2D eigenvalue weighted by molar-refractivity contribution is 6.35. The summed E-state index contributed by atoms with van der Waals surface area (Å²) in [6.45, 7) is 5.01. The third-order valence-electron chi connectivity index (χ3n) is 5.03. The van der Waals surface area contributed by atoms with E-state index in [0.29, 0.717) is 17.9 Å². The van der Waals surface area contributed by atoms with Crippen molar-refractivity contribution in [1.82, 2.24) is 0 Å². The Balaban J connectivity index is 1.70. The summed E-state index contributed by atoms with van der Waals surface area (Å²) in [4.78, 5) is 11.9. The zero-order valence-electron chi connectivity index (χ0n) is 12.5. The summed E-state index contributed by atoms with van der Waals surface area (Å²) in [7, 11) is 0. The monoisotopic (exact) mass is 320 g/mol. The molecule has 2 rings (SSSR count). The van der Waals surface area contributed by atoms with Crippen LogP contribution in [0.5, 0.6) is 0 Å². The molecule has 6 atom stereocenters. The zero-order valence-corrected chi connectivity index (χ0v) is 14.0. The number of ketones is 1. The van der Waals surface area contributed by atoms with Crippen LogP contribution < -0.4 is 0 Å². The first kappa shape index (κ1) is 16.6. The number of Topliss-reactive ketones (excluding diaryl/α,β-unsaturated/α-hetero) is 1. The molecule has 2 nitrogen and oxygen atoms in total. The van der Waals surface area contributed by atoms with E-state index in [1.165, 1.54) is 0 Å². The average Bonchev–Trinajstić information content (AvgIpc) is 2.75. The lowest BCUT2D eigenvalue weighted by Crippen LogP contribution is -2.48. The highest BCUT2D eigenvalue weighted by atomic mass is 35.5. The number of unbranched alkanes of at least 4 members (excludes halogenated alkanes) is 1. The van der Waals surface area contributed by atoms with Crippen LogP contribution in [0.2, 0.25) is 0 Å². The Morgan fingerprint density at radius 2 is 2.05 bits per heavy atom. The molecule has 0 bridgehead atoms. The molecule has 6 unspecified atom stereocenters. The molecule has 2 saturated carbocycles. The summed E-state index contributed by atoms with van der Waals surface area (Å²) < 4.78 is 5.67. The zero-order chi connectivity index (χ0) is 14.7. The van der Waals surface area contributed by atoms with Gasteiger partial charge in [-0.25, -0.2) is 0 Å². The van der Waals surface area contributed by atoms with Gasteiger partial charge in [0.15, 0.2) is 5.78 Å². The van der Waals surface area contributed by atoms with Crippen molar-refractivity contribution in [2.45, 2.75) is 69.2 Å². The number of ether oxygens (including phenoxy) is 1. The van der Waals surface area contributed by atoms with Crippen LogP contribution in [0.1, 0.15) is 52.4 Å². The predicted octanol–water partition coefficient (Wildman–Crippen LogP) is 4.41. The van der Waals surface area contributed by atoms with E-state index < -0.39 is 0 Å². The normalized spacial score (nSPS) is 37.6. The molecular formula is C16H26Cl2O2. The molecule has 0 aromatic rings. The Labute approximate surface area is 132 Å². The maximum atomic E-state index is 11.9. The largest absolute Gasteiger partial charge is 0.379 e. The van der Waals surface area contributed by atoms with E-state index in [-0.39, 0.29) is 22.5 Å². The van der Waals surface area contributed by atoms with Gasteiger partial charge in [0.25, 0.3) is 0 Å². The molecule has 0 aromatic carbocycles. The van der Waals surface area contributed by atoms with Gasteiger partial charge in [0.05, 0.1) is 11.5 Å².